The summed E-state index contributed by atoms with van der Waals surface area (Å²) >= 11 is 12.0. The standard InChI is InChI=1S/C11H14Cl2N2O/c1-6-3-8(12)11(9(13)4-6)16-10(15)5-7(2)14/h3-4,7,15H,5,14H2,1-2H3. The predicted octanol–water partition coefficient (Wildman–Crippen LogP) is 3.40. The van der Waals surface area contributed by atoms with Crippen LogP contribution < -0.4 is 10.5 Å². The van der Waals surface area contributed by atoms with E-state index in [1.54, 1.807) is 19.1 Å². The average Bonchev–Trinajstić information content (AvgIpc) is 2.09. The van der Waals surface area contributed by atoms with Crippen LogP contribution >= 0.6 is 23.2 Å². The Morgan fingerprint density at radius 1 is 1.44 bits per heavy atom. The third kappa shape index (κ3) is 3.67. The normalized spacial score (nSPS) is 12.3. The molecular formula is C11H14Cl2N2O. The molecule has 0 bridgehead atoms. The highest BCUT2D eigenvalue weighted by Crippen LogP contribution is 2.34. The first kappa shape index (κ1) is 13.3. The molecule has 0 heterocycles. The fraction of sp³-hybridized carbons (Fsp3) is 0.364. The highest BCUT2D eigenvalue weighted by molar-refractivity contribution is 6.37. The number of nitrogens with one attached hydrogen (secondary N) is 1. The van der Waals surface area contributed by atoms with Gasteiger partial charge in [0.1, 0.15) is 0 Å². The van der Waals surface area contributed by atoms with Crippen molar-refractivity contribution in [3.8, 4) is 5.75 Å². The maximum Gasteiger partial charge on any atom is 0.189 e. The second-order valence-electron chi connectivity index (χ2n) is 3.76. The van der Waals surface area contributed by atoms with Gasteiger partial charge in [-0.25, -0.2) is 0 Å². The van der Waals surface area contributed by atoms with Crippen molar-refractivity contribution in [1.82, 2.24) is 0 Å². The summed E-state index contributed by atoms with van der Waals surface area (Å²) in [6.07, 6.45) is 0.348. The fourth-order valence-corrected chi connectivity index (χ4v) is 1.91. The van der Waals surface area contributed by atoms with E-state index in [2.05, 4.69) is 0 Å². The molecule has 1 atom stereocenters. The number of rotatable bonds is 3. The van der Waals surface area contributed by atoms with Crippen molar-refractivity contribution in [3.05, 3.63) is 27.7 Å². The molecule has 88 valence electrons. The van der Waals surface area contributed by atoms with E-state index in [-0.39, 0.29) is 11.9 Å². The van der Waals surface area contributed by atoms with Crippen LogP contribution in [0.2, 0.25) is 10.0 Å². The van der Waals surface area contributed by atoms with Gasteiger partial charge in [0, 0.05) is 12.5 Å². The molecule has 0 aromatic heterocycles. The minimum Gasteiger partial charge on any atom is -0.440 e. The molecule has 0 amide bonds. The molecule has 1 unspecified atom stereocenters. The average molecular weight is 261 g/mol. The van der Waals surface area contributed by atoms with Gasteiger partial charge in [0.2, 0.25) is 0 Å². The van der Waals surface area contributed by atoms with Crippen LogP contribution in [0.15, 0.2) is 12.1 Å². The molecule has 3 N–H and O–H groups in total. The SMILES string of the molecule is Cc1cc(Cl)c(OC(=N)CC(C)N)c(Cl)c1. The third-order valence-corrected chi connectivity index (χ3v) is 2.44. The quantitative estimate of drug-likeness (QED) is 0.647. The van der Waals surface area contributed by atoms with Crippen LogP contribution in [0.1, 0.15) is 18.9 Å². The van der Waals surface area contributed by atoms with Crippen molar-refractivity contribution >= 4 is 29.1 Å². The Labute approximate surface area is 105 Å². The number of benzene rings is 1. The lowest BCUT2D eigenvalue weighted by Crippen LogP contribution is -2.22. The van der Waals surface area contributed by atoms with Crippen LogP contribution in [0.4, 0.5) is 0 Å². The van der Waals surface area contributed by atoms with Crippen LogP contribution in [-0.4, -0.2) is 11.9 Å². The summed E-state index contributed by atoms with van der Waals surface area (Å²) in [6.45, 7) is 3.69. The van der Waals surface area contributed by atoms with E-state index in [9.17, 15) is 0 Å². The molecule has 1 aromatic carbocycles. The van der Waals surface area contributed by atoms with Gasteiger partial charge in [-0.15, -0.1) is 0 Å². The van der Waals surface area contributed by atoms with Gasteiger partial charge >= 0.3 is 0 Å². The molecule has 0 fully saturated rings. The van der Waals surface area contributed by atoms with Crippen LogP contribution in [0, 0.1) is 12.3 Å². The van der Waals surface area contributed by atoms with Gasteiger partial charge < -0.3 is 10.5 Å². The summed E-state index contributed by atoms with van der Waals surface area (Å²) in [5.41, 5.74) is 6.51. The highest BCUT2D eigenvalue weighted by atomic mass is 35.5. The van der Waals surface area contributed by atoms with Crippen molar-refractivity contribution in [2.24, 2.45) is 5.73 Å². The fourth-order valence-electron chi connectivity index (χ4n) is 1.24. The lowest BCUT2D eigenvalue weighted by Gasteiger charge is -2.12. The van der Waals surface area contributed by atoms with Gasteiger partial charge in [-0.05, 0) is 31.5 Å². The first-order valence-corrected chi connectivity index (χ1v) is 5.62. The Hall–Kier alpha value is -0.770. The van der Waals surface area contributed by atoms with Gasteiger partial charge in [-0.2, -0.15) is 0 Å². The maximum absolute atomic E-state index is 7.58. The summed E-state index contributed by atoms with van der Waals surface area (Å²) in [7, 11) is 0. The predicted molar refractivity (Wildman–Crippen MR) is 67.8 cm³/mol. The smallest absolute Gasteiger partial charge is 0.189 e. The second kappa shape index (κ2) is 5.53. The van der Waals surface area contributed by atoms with Gasteiger partial charge in [-0.1, -0.05) is 23.2 Å². The molecule has 0 radical (unpaired) electrons. The lowest BCUT2D eigenvalue weighted by atomic mass is 10.2. The number of hydrogen-bond donors (Lipinski definition) is 2. The summed E-state index contributed by atoms with van der Waals surface area (Å²) < 4.78 is 5.28. The minimum atomic E-state index is -0.129. The molecule has 5 heteroatoms. The summed E-state index contributed by atoms with van der Waals surface area (Å²) in [5.74, 6) is 0.377. The maximum atomic E-state index is 7.58. The van der Waals surface area contributed by atoms with Crippen molar-refractivity contribution in [1.29, 1.82) is 5.41 Å². The first-order valence-electron chi connectivity index (χ1n) is 4.86. The molecule has 0 aliphatic rings. The Bertz CT molecular complexity index is 382. The third-order valence-electron chi connectivity index (χ3n) is 1.88. The van der Waals surface area contributed by atoms with Gasteiger partial charge in [0.05, 0.1) is 10.0 Å². The number of nitrogens with two attached hydrogens (primary N) is 1. The van der Waals surface area contributed by atoms with E-state index in [4.69, 9.17) is 39.1 Å². The molecule has 0 saturated carbocycles. The van der Waals surface area contributed by atoms with E-state index < -0.39 is 0 Å². The zero-order valence-corrected chi connectivity index (χ0v) is 10.7. The van der Waals surface area contributed by atoms with Crippen molar-refractivity contribution in [2.45, 2.75) is 26.3 Å². The summed E-state index contributed by atoms with van der Waals surface area (Å²) in [4.78, 5) is 0. The largest absolute Gasteiger partial charge is 0.440 e. The second-order valence-corrected chi connectivity index (χ2v) is 4.58. The molecule has 1 rings (SSSR count). The summed E-state index contributed by atoms with van der Waals surface area (Å²) in [6, 6.07) is 3.35. The van der Waals surface area contributed by atoms with Crippen LogP contribution in [0.3, 0.4) is 0 Å². The molecule has 0 spiro atoms. The topological polar surface area (TPSA) is 59.1 Å². The number of aryl methyl sites for hydroxylation is 1. The number of ether oxygens (including phenoxy) is 1. The minimum absolute atomic E-state index is 0.0580. The molecule has 3 nitrogen and oxygen atoms in total. The van der Waals surface area contributed by atoms with E-state index in [1.807, 2.05) is 6.92 Å². The van der Waals surface area contributed by atoms with Gasteiger partial charge in [-0.3, -0.25) is 5.41 Å². The van der Waals surface area contributed by atoms with E-state index in [0.29, 0.717) is 22.2 Å². The zero-order valence-electron chi connectivity index (χ0n) is 9.18. The van der Waals surface area contributed by atoms with E-state index in [0.717, 1.165) is 5.56 Å². The number of hydrogen-bond acceptors (Lipinski definition) is 3. The Morgan fingerprint density at radius 2 is 1.94 bits per heavy atom. The van der Waals surface area contributed by atoms with Crippen molar-refractivity contribution in [2.75, 3.05) is 0 Å². The van der Waals surface area contributed by atoms with Crippen molar-refractivity contribution in [3.63, 3.8) is 0 Å². The Morgan fingerprint density at radius 3 is 2.38 bits per heavy atom. The number of halogens is 2. The molecule has 0 aliphatic heterocycles. The molecule has 16 heavy (non-hydrogen) atoms. The Balaban J connectivity index is 2.85. The van der Waals surface area contributed by atoms with Crippen molar-refractivity contribution < 1.29 is 4.74 Å². The first-order chi connectivity index (χ1) is 7.40. The molecule has 1 aromatic rings. The van der Waals surface area contributed by atoms with E-state index >= 15 is 0 Å². The van der Waals surface area contributed by atoms with E-state index in [1.165, 1.54) is 0 Å². The molecular weight excluding hydrogens is 247 g/mol. The molecule has 0 saturated heterocycles. The lowest BCUT2D eigenvalue weighted by molar-refractivity contribution is 0.515. The van der Waals surface area contributed by atoms with Gasteiger partial charge in [0.15, 0.2) is 11.6 Å². The van der Waals surface area contributed by atoms with Crippen LogP contribution in [-0.2, 0) is 0 Å². The van der Waals surface area contributed by atoms with Crippen LogP contribution in [0.5, 0.6) is 5.75 Å². The molecule has 0 aliphatic carbocycles. The van der Waals surface area contributed by atoms with Gasteiger partial charge in [0.25, 0.3) is 0 Å². The van der Waals surface area contributed by atoms with Crippen LogP contribution in [0.25, 0.3) is 0 Å². The Kier molecular flexibility index (Phi) is 4.59. The summed E-state index contributed by atoms with van der Waals surface area (Å²) in [5, 5.41) is 8.39. The monoisotopic (exact) mass is 260 g/mol. The highest BCUT2D eigenvalue weighted by Gasteiger charge is 2.12. The zero-order chi connectivity index (χ0) is 12.3.